The number of hydrogen-bond donors (Lipinski definition) is 1. The van der Waals surface area contributed by atoms with E-state index in [4.69, 9.17) is 5.73 Å². The van der Waals surface area contributed by atoms with Crippen molar-refractivity contribution in [3.8, 4) is 0 Å². The lowest BCUT2D eigenvalue weighted by molar-refractivity contribution is 0.00141. The summed E-state index contributed by atoms with van der Waals surface area (Å²) in [7, 11) is 4.55. The number of nitrogens with two attached hydrogens (primary N) is 1. The second-order valence-corrected chi connectivity index (χ2v) is 12.0. The van der Waals surface area contributed by atoms with Gasteiger partial charge in [-0.2, -0.15) is 0 Å². The Morgan fingerprint density at radius 1 is 1.00 bits per heavy atom. The zero-order chi connectivity index (χ0) is 20.5. The van der Waals surface area contributed by atoms with Crippen LogP contribution in [0.15, 0.2) is 23.3 Å². The molecule has 4 unspecified atom stereocenters. The fourth-order valence-electron chi connectivity index (χ4n) is 8.53. The number of rotatable bonds is 2. The van der Waals surface area contributed by atoms with E-state index in [2.05, 4.69) is 65.8 Å². The van der Waals surface area contributed by atoms with Crippen molar-refractivity contribution in [1.82, 2.24) is 4.90 Å². The van der Waals surface area contributed by atoms with E-state index in [1.165, 1.54) is 44.9 Å². The van der Waals surface area contributed by atoms with E-state index in [1.807, 2.05) is 0 Å². The molecule has 4 rings (SSSR count). The Labute approximate surface area is 174 Å². The second kappa shape index (κ2) is 6.71. The summed E-state index contributed by atoms with van der Waals surface area (Å²) < 4.78 is 0. The Hall–Kier alpha value is -0.600. The minimum absolute atomic E-state index is 0.313. The SMILES string of the molecule is CC(N)[C@H]1CCC2(C)C3CCC4C(=CC3=CC[C@]12C)CC[C@H](N(C)C)C4(C)C. The number of hydrogen-bond acceptors (Lipinski definition) is 2. The molecule has 2 heteroatoms. The largest absolute Gasteiger partial charge is 0.328 e. The van der Waals surface area contributed by atoms with Crippen LogP contribution in [0.3, 0.4) is 0 Å². The average molecular weight is 385 g/mol. The van der Waals surface area contributed by atoms with E-state index in [0.717, 1.165) is 11.8 Å². The molecule has 158 valence electrons. The van der Waals surface area contributed by atoms with Crippen LogP contribution in [0.2, 0.25) is 0 Å². The minimum Gasteiger partial charge on any atom is -0.328 e. The van der Waals surface area contributed by atoms with Gasteiger partial charge < -0.3 is 10.6 Å². The van der Waals surface area contributed by atoms with Gasteiger partial charge in [-0.3, -0.25) is 0 Å². The molecule has 28 heavy (non-hydrogen) atoms. The molecule has 7 atom stereocenters. The first kappa shape index (κ1) is 20.7. The van der Waals surface area contributed by atoms with Gasteiger partial charge in [0, 0.05) is 12.1 Å². The summed E-state index contributed by atoms with van der Waals surface area (Å²) in [6.07, 6.45) is 14.5. The zero-order valence-corrected chi connectivity index (χ0v) is 19.5. The smallest absolute Gasteiger partial charge is 0.0149 e. The van der Waals surface area contributed by atoms with Crippen LogP contribution in [0, 0.1) is 34.0 Å². The Kier molecular flexibility index (Phi) is 4.95. The summed E-state index contributed by atoms with van der Waals surface area (Å²) in [6.45, 7) is 12.5. The van der Waals surface area contributed by atoms with Crippen LogP contribution in [-0.2, 0) is 0 Å². The topological polar surface area (TPSA) is 29.3 Å². The summed E-state index contributed by atoms with van der Waals surface area (Å²) in [5.74, 6) is 2.13. The lowest BCUT2D eigenvalue weighted by Crippen LogP contribution is -2.49. The van der Waals surface area contributed by atoms with Gasteiger partial charge in [0.15, 0.2) is 0 Å². The van der Waals surface area contributed by atoms with Crippen LogP contribution in [0.25, 0.3) is 0 Å². The van der Waals surface area contributed by atoms with Crippen LogP contribution < -0.4 is 5.73 Å². The van der Waals surface area contributed by atoms with Crippen molar-refractivity contribution in [2.24, 2.45) is 39.7 Å². The van der Waals surface area contributed by atoms with E-state index in [1.54, 1.807) is 11.1 Å². The molecule has 4 aliphatic rings. The number of allylic oxidation sites excluding steroid dienone is 4. The summed E-state index contributed by atoms with van der Waals surface area (Å²) in [5.41, 5.74) is 11.1. The first-order valence-corrected chi connectivity index (χ1v) is 11.8. The summed E-state index contributed by atoms with van der Waals surface area (Å²) in [4.78, 5) is 2.48. The van der Waals surface area contributed by atoms with Gasteiger partial charge >= 0.3 is 0 Å². The van der Waals surface area contributed by atoms with Gasteiger partial charge in [-0.05, 0) is 106 Å². The number of nitrogens with zero attached hydrogens (tertiary/aromatic N) is 1. The molecule has 2 fully saturated rings. The van der Waals surface area contributed by atoms with Crippen LogP contribution >= 0.6 is 0 Å². The molecule has 4 aliphatic carbocycles. The predicted molar refractivity (Wildman–Crippen MR) is 120 cm³/mol. The van der Waals surface area contributed by atoms with Crippen molar-refractivity contribution in [2.75, 3.05) is 14.1 Å². The molecule has 0 amide bonds. The van der Waals surface area contributed by atoms with Crippen molar-refractivity contribution in [3.05, 3.63) is 23.3 Å². The quantitative estimate of drug-likeness (QED) is 0.653. The van der Waals surface area contributed by atoms with E-state index in [9.17, 15) is 0 Å². The van der Waals surface area contributed by atoms with Crippen molar-refractivity contribution < 1.29 is 0 Å². The highest BCUT2D eigenvalue weighted by Gasteiger charge is 2.60. The lowest BCUT2D eigenvalue weighted by Gasteiger charge is -2.53. The van der Waals surface area contributed by atoms with Crippen LogP contribution in [0.5, 0.6) is 0 Å². The second-order valence-electron chi connectivity index (χ2n) is 12.0. The van der Waals surface area contributed by atoms with Crippen LogP contribution in [-0.4, -0.2) is 31.1 Å². The molecular formula is C26H44N2. The maximum Gasteiger partial charge on any atom is 0.0149 e. The molecule has 2 saturated carbocycles. The maximum absolute atomic E-state index is 6.48. The highest BCUT2D eigenvalue weighted by molar-refractivity contribution is 5.37. The van der Waals surface area contributed by atoms with Crippen molar-refractivity contribution in [2.45, 2.75) is 91.6 Å². The van der Waals surface area contributed by atoms with Crippen molar-refractivity contribution >= 4 is 0 Å². The molecule has 2 N–H and O–H groups in total. The normalized spacial score (nSPS) is 46.0. The van der Waals surface area contributed by atoms with Gasteiger partial charge in [-0.25, -0.2) is 0 Å². The van der Waals surface area contributed by atoms with Gasteiger partial charge in [0.1, 0.15) is 0 Å². The molecule has 0 radical (unpaired) electrons. The Morgan fingerprint density at radius 2 is 1.68 bits per heavy atom. The Balaban J connectivity index is 1.69. The molecule has 0 aliphatic heterocycles. The van der Waals surface area contributed by atoms with Gasteiger partial charge in [0.2, 0.25) is 0 Å². The van der Waals surface area contributed by atoms with E-state index < -0.39 is 0 Å². The van der Waals surface area contributed by atoms with Crippen LogP contribution in [0.4, 0.5) is 0 Å². The Morgan fingerprint density at radius 3 is 2.32 bits per heavy atom. The van der Waals surface area contributed by atoms with Gasteiger partial charge in [0.05, 0.1) is 0 Å². The summed E-state index contributed by atoms with van der Waals surface area (Å²) in [5, 5.41) is 0. The highest BCUT2D eigenvalue weighted by Crippen LogP contribution is 2.67. The standard InChI is InChI=1S/C26H44N2/c1-17(27)20-13-15-26(5)22-10-9-21-18(16-19(22)12-14-25(20,26)4)8-11-23(28(6)7)24(21,2)3/h12,16-17,20-23H,8-11,13-15,27H2,1-7H3/t17?,20-,21?,22?,23+,25-,26?/m1/s1. The van der Waals surface area contributed by atoms with Gasteiger partial charge in [-0.15, -0.1) is 0 Å². The molecule has 0 aromatic heterocycles. The van der Waals surface area contributed by atoms with E-state index >= 15 is 0 Å². The minimum atomic E-state index is 0.313. The average Bonchev–Trinajstić information content (AvgIpc) is 2.75. The monoisotopic (exact) mass is 384 g/mol. The van der Waals surface area contributed by atoms with Crippen molar-refractivity contribution in [1.29, 1.82) is 0 Å². The third-order valence-corrected chi connectivity index (χ3v) is 10.3. The van der Waals surface area contributed by atoms with E-state index in [0.29, 0.717) is 34.2 Å². The third kappa shape index (κ3) is 2.73. The molecule has 0 spiro atoms. The van der Waals surface area contributed by atoms with Gasteiger partial charge in [0.25, 0.3) is 0 Å². The summed E-state index contributed by atoms with van der Waals surface area (Å²) >= 11 is 0. The van der Waals surface area contributed by atoms with Gasteiger partial charge in [-0.1, -0.05) is 45.4 Å². The molecule has 0 heterocycles. The molecule has 0 aromatic rings. The third-order valence-electron chi connectivity index (χ3n) is 10.3. The fraction of sp³-hybridized carbons (Fsp3) is 0.846. The first-order chi connectivity index (χ1) is 13.0. The fourth-order valence-corrected chi connectivity index (χ4v) is 8.53. The molecular weight excluding hydrogens is 340 g/mol. The first-order valence-electron chi connectivity index (χ1n) is 11.8. The Bertz CT molecular complexity index is 685. The lowest BCUT2D eigenvalue weighted by atomic mass is 9.51. The summed E-state index contributed by atoms with van der Waals surface area (Å²) in [6, 6.07) is 1.01. The molecule has 2 nitrogen and oxygen atoms in total. The molecule has 0 aromatic carbocycles. The van der Waals surface area contributed by atoms with Crippen LogP contribution in [0.1, 0.15) is 79.6 Å². The molecule has 0 bridgehead atoms. The maximum atomic E-state index is 6.48. The number of fused-ring (bicyclic) bond motifs is 4. The van der Waals surface area contributed by atoms with E-state index in [-0.39, 0.29) is 0 Å². The highest BCUT2D eigenvalue weighted by atomic mass is 15.1. The molecule has 0 saturated heterocycles. The predicted octanol–water partition coefficient (Wildman–Crippen LogP) is 5.79. The van der Waals surface area contributed by atoms with Crippen molar-refractivity contribution in [3.63, 3.8) is 0 Å². The zero-order valence-electron chi connectivity index (χ0n) is 19.5.